The van der Waals surface area contributed by atoms with Gasteiger partial charge in [0.1, 0.15) is 6.10 Å². The highest BCUT2D eigenvalue weighted by molar-refractivity contribution is 5.72. The van der Waals surface area contributed by atoms with Gasteiger partial charge in [0.25, 0.3) is 0 Å². The molecule has 0 aromatic heterocycles. The number of esters is 1. The summed E-state index contributed by atoms with van der Waals surface area (Å²) in [5.41, 5.74) is 0. The van der Waals surface area contributed by atoms with Gasteiger partial charge >= 0.3 is 5.97 Å². The molecule has 0 saturated carbocycles. The largest absolute Gasteiger partial charge is 0.462 e. The minimum Gasteiger partial charge on any atom is -0.462 e. The van der Waals surface area contributed by atoms with Crippen LogP contribution in [0.2, 0.25) is 0 Å². The van der Waals surface area contributed by atoms with E-state index in [0.29, 0.717) is 0 Å². The van der Waals surface area contributed by atoms with Crippen LogP contribution < -0.4 is 0 Å². The van der Waals surface area contributed by atoms with Crippen LogP contribution >= 0.6 is 0 Å². The molecule has 0 aliphatic carbocycles. The second-order valence-electron chi connectivity index (χ2n) is 13.5. The van der Waals surface area contributed by atoms with Crippen molar-refractivity contribution in [2.75, 3.05) is 0 Å². The molecule has 2 heteroatoms. The first kappa shape index (κ1) is 39.5. The lowest BCUT2D eigenvalue weighted by Gasteiger charge is -2.21. The van der Waals surface area contributed by atoms with Crippen molar-refractivity contribution in [1.29, 1.82) is 0 Å². The molecule has 2 unspecified atom stereocenters. The van der Waals surface area contributed by atoms with Gasteiger partial charge in [-0.15, -0.1) is 0 Å². The van der Waals surface area contributed by atoms with E-state index >= 15 is 0 Å². The maximum atomic E-state index is 13.2. The van der Waals surface area contributed by atoms with Gasteiger partial charge in [-0.2, -0.15) is 0 Å². The van der Waals surface area contributed by atoms with Crippen LogP contribution in [-0.4, -0.2) is 12.1 Å². The van der Waals surface area contributed by atoms with E-state index in [4.69, 9.17) is 4.74 Å². The molecule has 0 spiro atoms. The van der Waals surface area contributed by atoms with Crippen molar-refractivity contribution < 1.29 is 9.53 Å². The minimum atomic E-state index is 0.117. The van der Waals surface area contributed by atoms with E-state index in [2.05, 4.69) is 34.6 Å². The smallest absolute Gasteiger partial charge is 0.309 e. The lowest BCUT2D eigenvalue weighted by atomic mass is 9.94. The molecule has 0 heterocycles. The Labute approximate surface area is 254 Å². The van der Waals surface area contributed by atoms with Crippen LogP contribution in [0.1, 0.15) is 221 Å². The number of hydrogen-bond acceptors (Lipinski definition) is 2. The molecule has 40 heavy (non-hydrogen) atoms. The molecule has 0 bridgehead atoms. The maximum Gasteiger partial charge on any atom is 0.309 e. The molecular formula is C38H76O2. The monoisotopic (exact) mass is 565 g/mol. The zero-order valence-corrected chi connectivity index (χ0v) is 28.6. The summed E-state index contributed by atoms with van der Waals surface area (Å²) in [6.45, 7) is 11.4. The van der Waals surface area contributed by atoms with Crippen LogP contribution in [0.15, 0.2) is 0 Å². The number of ether oxygens (including phenoxy) is 1. The first-order valence-corrected chi connectivity index (χ1v) is 18.7. The first-order chi connectivity index (χ1) is 19.5. The Morgan fingerprint density at radius 3 is 1.15 bits per heavy atom. The van der Waals surface area contributed by atoms with Gasteiger partial charge in [0.2, 0.25) is 0 Å². The lowest BCUT2D eigenvalue weighted by molar-refractivity contribution is -0.155. The molecule has 0 fully saturated rings. The highest BCUT2D eigenvalue weighted by atomic mass is 16.5. The molecule has 0 aromatic carbocycles. The molecule has 0 aliphatic heterocycles. The van der Waals surface area contributed by atoms with Gasteiger partial charge in [0, 0.05) is 0 Å². The van der Waals surface area contributed by atoms with Gasteiger partial charge in [-0.25, -0.2) is 0 Å². The number of hydrogen-bond donors (Lipinski definition) is 0. The molecule has 0 aliphatic rings. The Hall–Kier alpha value is -0.530. The zero-order chi connectivity index (χ0) is 29.5. The van der Waals surface area contributed by atoms with Crippen molar-refractivity contribution in [2.45, 2.75) is 227 Å². The lowest BCUT2D eigenvalue weighted by Crippen LogP contribution is -2.24. The van der Waals surface area contributed by atoms with Crippen LogP contribution in [0.25, 0.3) is 0 Å². The van der Waals surface area contributed by atoms with Crippen LogP contribution in [0.4, 0.5) is 0 Å². The Morgan fingerprint density at radius 2 is 0.775 bits per heavy atom. The summed E-state index contributed by atoms with van der Waals surface area (Å²) >= 11 is 0. The van der Waals surface area contributed by atoms with Crippen molar-refractivity contribution in [3.05, 3.63) is 0 Å². The van der Waals surface area contributed by atoms with Gasteiger partial charge in [0.15, 0.2) is 0 Å². The fourth-order valence-electron chi connectivity index (χ4n) is 6.02. The molecule has 2 nitrogen and oxygen atoms in total. The summed E-state index contributed by atoms with van der Waals surface area (Å²) in [4.78, 5) is 13.2. The van der Waals surface area contributed by atoms with Crippen LogP contribution in [-0.2, 0) is 9.53 Å². The second-order valence-corrected chi connectivity index (χ2v) is 13.5. The van der Waals surface area contributed by atoms with Crippen molar-refractivity contribution in [3.63, 3.8) is 0 Å². The van der Waals surface area contributed by atoms with Crippen LogP contribution in [0.3, 0.4) is 0 Å². The Balaban J connectivity index is 4.08. The predicted molar refractivity (Wildman–Crippen MR) is 179 cm³/mol. The SMILES string of the molecule is CCCCCCCCCCC(CCCCCCCCCCCCCCCC(C)C)C(=O)OC(CC)CCCCC. The molecule has 0 N–H and O–H groups in total. The van der Waals surface area contributed by atoms with E-state index in [0.717, 1.165) is 31.6 Å². The second kappa shape index (κ2) is 31.4. The molecule has 0 amide bonds. The third-order valence-electron chi connectivity index (χ3n) is 8.94. The average Bonchev–Trinajstić information content (AvgIpc) is 2.94. The van der Waals surface area contributed by atoms with Crippen molar-refractivity contribution >= 4 is 5.97 Å². The van der Waals surface area contributed by atoms with Crippen LogP contribution in [0.5, 0.6) is 0 Å². The quantitative estimate of drug-likeness (QED) is 0.0600. The summed E-state index contributed by atoms with van der Waals surface area (Å²) < 4.78 is 6.07. The molecular weight excluding hydrogens is 488 g/mol. The van der Waals surface area contributed by atoms with Crippen LogP contribution in [0, 0.1) is 11.8 Å². The van der Waals surface area contributed by atoms with Crippen molar-refractivity contribution in [2.24, 2.45) is 11.8 Å². The topological polar surface area (TPSA) is 26.3 Å². The maximum absolute atomic E-state index is 13.2. The normalized spacial score (nSPS) is 13.2. The van der Waals surface area contributed by atoms with Gasteiger partial charge in [-0.3, -0.25) is 4.79 Å². The van der Waals surface area contributed by atoms with Gasteiger partial charge < -0.3 is 4.74 Å². The predicted octanol–water partition coefficient (Wildman–Crippen LogP) is 13.5. The summed E-state index contributed by atoms with van der Waals surface area (Å²) in [5.74, 6) is 1.12. The van der Waals surface area contributed by atoms with E-state index in [9.17, 15) is 4.79 Å². The molecule has 240 valence electrons. The van der Waals surface area contributed by atoms with E-state index in [1.54, 1.807) is 0 Å². The Morgan fingerprint density at radius 1 is 0.450 bits per heavy atom. The highest BCUT2D eigenvalue weighted by Gasteiger charge is 2.22. The average molecular weight is 565 g/mol. The number of carbonyl (C=O) groups is 1. The van der Waals surface area contributed by atoms with E-state index < -0.39 is 0 Å². The first-order valence-electron chi connectivity index (χ1n) is 18.7. The minimum absolute atomic E-state index is 0.117. The Bertz CT molecular complexity index is 500. The van der Waals surface area contributed by atoms with Crippen molar-refractivity contribution in [3.8, 4) is 0 Å². The summed E-state index contributed by atoms with van der Waals surface area (Å²) in [6.07, 6.45) is 38.0. The van der Waals surface area contributed by atoms with Gasteiger partial charge in [-0.05, 0) is 38.0 Å². The van der Waals surface area contributed by atoms with E-state index in [-0.39, 0.29) is 18.0 Å². The molecule has 0 saturated heterocycles. The standard InChI is InChI=1S/C38H76O2/c1-6-9-11-12-13-22-25-29-32-36(38(39)40-37(8-3)34-27-10-7-2)33-30-26-23-20-18-16-14-15-17-19-21-24-28-31-35(4)5/h35-37H,6-34H2,1-5H3. The van der Waals surface area contributed by atoms with Gasteiger partial charge in [-0.1, -0.05) is 189 Å². The van der Waals surface area contributed by atoms with Crippen molar-refractivity contribution in [1.82, 2.24) is 0 Å². The fourth-order valence-corrected chi connectivity index (χ4v) is 6.02. The number of rotatable bonds is 32. The third kappa shape index (κ3) is 27.6. The Kier molecular flexibility index (Phi) is 31.0. The number of carbonyl (C=O) groups excluding carboxylic acids is 1. The molecule has 2 atom stereocenters. The molecule has 0 rings (SSSR count). The zero-order valence-electron chi connectivity index (χ0n) is 28.6. The fraction of sp³-hybridized carbons (Fsp3) is 0.974. The number of unbranched alkanes of at least 4 members (excludes halogenated alkanes) is 21. The molecule has 0 aromatic rings. The summed E-state index contributed by atoms with van der Waals surface area (Å²) in [5, 5.41) is 0. The highest BCUT2D eigenvalue weighted by Crippen LogP contribution is 2.23. The summed E-state index contributed by atoms with van der Waals surface area (Å²) in [7, 11) is 0. The third-order valence-corrected chi connectivity index (χ3v) is 8.94. The van der Waals surface area contributed by atoms with Gasteiger partial charge in [0.05, 0.1) is 5.92 Å². The molecule has 0 radical (unpaired) electrons. The van der Waals surface area contributed by atoms with E-state index in [1.807, 2.05) is 0 Å². The van der Waals surface area contributed by atoms with E-state index in [1.165, 1.54) is 161 Å². The summed E-state index contributed by atoms with van der Waals surface area (Å²) in [6, 6.07) is 0.